The maximum Gasteiger partial charge on any atom is 0.349 e. The molecule has 0 heterocycles. The number of halogens is 4. The van der Waals surface area contributed by atoms with E-state index in [9.17, 15) is 17.6 Å². The third-order valence-electron chi connectivity index (χ3n) is 0.607. The van der Waals surface area contributed by atoms with Gasteiger partial charge in [0.2, 0.25) is 0 Å². The Hall–Kier alpha value is 0.0700. The summed E-state index contributed by atoms with van der Waals surface area (Å²) in [6, 6.07) is 0. The van der Waals surface area contributed by atoms with Gasteiger partial charge in [-0.05, 0) is 0 Å². The van der Waals surface area contributed by atoms with Crippen LogP contribution in [0.1, 0.15) is 0 Å². The highest BCUT2D eigenvalue weighted by Crippen LogP contribution is 2.43. The van der Waals surface area contributed by atoms with E-state index in [0.29, 0.717) is 0 Å². The molecule has 0 spiro atoms. The van der Waals surface area contributed by atoms with Crippen molar-refractivity contribution in [1.82, 2.24) is 0 Å². The zero-order valence-electron chi connectivity index (χ0n) is 4.19. The molecule has 0 unspecified atom stereocenters. The van der Waals surface area contributed by atoms with E-state index in [1.165, 1.54) is 0 Å². The van der Waals surface area contributed by atoms with Gasteiger partial charge in [0.15, 0.2) is 0 Å². The number of rotatable bonds is 2. The fourth-order valence-electron chi connectivity index (χ4n) is 0.113. The molecule has 0 rings (SSSR count). The molecule has 0 aromatic heterocycles. The molecule has 0 fully saturated rings. The first-order chi connectivity index (χ1) is 3.89. The average Bonchev–Trinajstić information content (AvgIpc) is 1.65. The zero-order valence-corrected chi connectivity index (χ0v) is 5.09. The summed E-state index contributed by atoms with van der Waals surface area (Å²) in [6.45, 7) is 0. The molecule has 0 saturated carbocycles. The molecule has 56 valence electrons. The molecule has 0 atom stereocenters. The van der Waals surface area contributed by atoms with E-state index in [-0.39, 0.29) is 0 Å². The largest absolute Gasteiger partial charge is 0.349 e. The van der Waals surface area contributed by atoms with E-state index < -0.39 is 20.3 Å². The van der Waals surface area contributed by atoms with Crippen molar-refractivity contribution in [3.8, 4) is 0 Å². The van der Waals surface area contributed by atoms with Crippen molar-refractivity contribution in [3.05, 3.63) is 0 Å². The molecule has 0 aliphatic carbocycles. The minimum absolute atomic E-state index is 2.87. The molecule has 0 radical (unpaired) electrons. The quantitative estimate of drug-likeness (QED) is 0.473. The van der Waals surface area contributed by atoms with Gasteiger partial charge in [-0.2, -0.15) is 8.78 Å². The van der Waals surface area contributed by atoms with Gasteiger partial charge in [0.1, 0.15) is 8.22 Å². The Kier molecular flexibility index (Phi) is 2.79. The maximum absolute atomic E-state index is 11.7. The van der Waals surface area contributed by atoms with Crippen molar-refractivity contribution in [2.75, 3.05) is 0 Å². The van der Waals surface area contributed by atoms with Crippen LogP contribution < -0.4 is 11.0 Å². The van der Waals surface area contributed by atoms with Crippen molar-refractivity contribution in [2.45, 2.75) is 12.1 Å². The monoisotopic (exact) mass is 164 g/mol. The standard InChI is InChI=1S/C2H5F4N2P/c3-1(4)2(5,6)9(7)8/h1H,7-8H2. The number of hydrogen-bond donors (Lipinski definition) is 2. The first-order valence-electron chi connectivity index (χ1n) is 1.84. The van der Waals surface area contributed by atoms with Crippen LogP contribution in [-0.2, 0) is 0 Å². The lowest BCUT2D eigenvalue weighted by atomic mass is 10.7. The van der Waals surface area contributed by atoms with Crippen LogP contribution in [-0.4, -0.2) is 12.1 Å². The van der Waals surface area contributed by atoms with Crippen molar-refractivity contribution < 1.29 is 17.6 Å². The smallest absolute Gasteiger partial charge is 0.293 e. The van der Waals surface area contributed by atoms with Gasteiger partial charge in [0.25, 0.3) is 0 Å². The third-order valence-corrected chi connectivity index (χ3v) is 1.49. The summed E-state index contributed by atoms with van der Waals surface area (Å²) in [6.07, 6.45) is -3.77. The molecule has 0 aliphatic heterocycles. The van der Waals surface area contributed by atoms with Crippen LogP contribution in [0.5, 0.6) is 0 Å². The lowest BCUT2D eigenvalue weighted by Crippen LogP contribution is -2.30. The van der Waals surface area contributed by atoms with Gasteiger partial charge in [0, 0.05) is 0 Å². The Labute approximate surface area is 50.1 Å². The molecule has 0 aliphatic rings. The molecular weight excluding hydrogens is 159 g/mol. The second-order valence-electron chi connectivity index (χ2n) is 1.30. The van der Waals surface area contributed by atoms with Gasteiger partial charge in [-0.1, -0.05) is 0 Å². The lowest BCUT2D eigenvalue weighted by Gasteiger charge is -2.17. The van der Waals surface area contributed by atoms with Crippen LogP contribution in [0.4, 0.5) is 17.6 Å². The molecule has 9 heavy (non-hydrogen) atoms. The Morgan fingerprint density at radius 3 is 1.56 bits per heavy atom. The van der Waals surface area contributed by atoms with Crippen molar-refractivity contribution in [3.63, 3.8) is 0 Å². The molecule has 0 saturated heterocycles. The molecule has 0 amide bonds. The Morgan fingerprint density at radius 2 is 1.56 bits per heavy atom. The minimum Gasteiger partial charge on any atom is -0.293 e. The summed E-state index contributed by atoms with van der Waals surface area (Å²) in [7, 11) is -2.87. The van der Waals surface area contributed by atoms with Gasteiger partial charge in [-0.3, -0.25) is 11.0 Å². The van der Waals surface area contributed by atoms with Gasteiger partial charge >= 0.3 is 12.1 Å². The zero-order chi connectivity index (χ0) is 7.65. The summed E-state index contributed by atoms with van der Waals surface area (Å²) in [5.74, 6) is 0. The van der Waals surface area contributed by atoms with E-state index in [0.717, 1.165) is 0 Å². The lowest BCUT2D eigenvalue weighted by molar-refractivity contribution is -0.0617. The molecule has 4 N–H and O–H groups in total. The SMILES string of the molecule is NP(N)C(F)(F)C(F)F. The first-order valence-corrected chi connectivity index (χ1v) is 3.32. The second kappa shape index (κ2) is 2.77. The van der Waals surface area contributed by atoms with Gasteiger partial charge < -0.3 is 0 Å². The van der Waals surface area contributed by atoms with E-state index in [2.05, 4.69) is 11.0 Å². The molecule has 0 bridgehead atoms. The summed E-state index contributed by atoms with van der Waals surface area (Å²) < 4.78 is 45.7. The van der Waals surface area contributed by atoms with Crippen LogP contribution in [0, 0.1) is 0 Å². The molecule has 2 nitrogen and oxygen atoms in total. The number of hydrogen-bond acceptors (Lipinski definition) is 2. The molecular formula is C2H5F4N2P. The van der Waals surface area contributed by atoms with Crippen LogP contribution in [0.15, 0.2) is 0 Å². The first kappa shape index (κ1) is 9.07. The Bertz CT molecular complexity index is 84.6. The third kappa shape index (κ3) is 2.04. The van der Waals surface area contributed by atoms with Crippen LogP contribution in [0.2, 0.25) is 0 Å². The Balaban J connectivity index is 4.01. The summed E-state index contributed by atoms with van der Waals surface area (Å²) in [4.78, 5) is 0. The number of alkyl halides is 4. The summed E-state index contributed by atoms with van der Waals surface area (Å²) in [5.41, 5.74) is 4.55. The summed E-state index contributed by atoms with van der Waals surface area (Å²) >= 11 is 0. The highest BCUT2D eigenvalue weighted by molar-refractivity contribution is 7.53. The molecule has 0 aromatic carbocycles. The van der Waals surface area contributed by atoms with E-state index in [4.69, 9.17) is 0 Å². The van der Waals surface area contributed by atoms with E-state index in [1.807, 2.05) is 0 Å². The topological polar surface area (TPSA) is 52.0 Å². The van der Waals surface area contributed by atoms with Crippen LogP contribution in [0.3, 0.4) is 0 Å². The van der Waals surface area contributed by atoms with Crippen molar-refractivity contribution in [2.24, 2.45) is 11.0 Å². The van der Waals surface area contributed by atoms with Gasteiger partial charge in [-0.15, -0.1) is 0 Å². The van der Waals surface area contributed by atoms with E-state index >= 15 is 0 Å². The van der Waals surface area contributed by atoms with E-state index in [1.54, 1.807) is 0 Å². The fraction of sp³-hybridized carbons (Fsp3) is 1.00. The molecule has 7 heteroatoms. The number of nitrogens with two attached hydrogens (primary N) is 2. The minimum atomic E-state index is -4.21. The van der Waals surface area contributed by atoms with Gasteiger partial charge in [-0.25, -0.2) is 8.78 Å². The van der Waals surface area contributed by atoms with Crippen molar-refractivity contribution >= 4 is 8.22 Å². The fourth-order valence-corrected chi connectivity index (χ4v) is 0.338. The predicted molar refractivity (Wildman–Crippen MR) is 26.2 cm³/mol. The van der Waals surface area contributed by atoms with Crippen LogP contribution in [0.25, 0.3) is 0 Å². The van der Waals surface area contributed by atoms with Crippen molar-refractivity contribution in [1.29, 1.82) is 0 Å². The summed E-state index contributed by atoms with van der Waals surface area (Å²) in [5, 5.41) is 0. The normalized spacial score (nSPS) is 13.3. The average molecular weight is 164 g/mol. The second-order valence-corrected chi connectivity index (χ2v) is 2.71. The van der Waals surface area contributed by atoms with Gasteiger partial charge in [0.05, 0.1) is 0 Å². The highest BCUT2D eigenvalue weighted by atomic mass is 31.1. The maximum atomic E-state index is 11.7. The highest BCUT2D eigenvalue weighted by Gasteiger charge is 2.45. The predicted octanol–water partition coefficient (Wildman–Crippen LogP) is 1.07. The Morgan fingerprint density at radius 1 is 1.22 bits per heavy atom. The van der Waals surface area contributed by atoms with Crippen LogP contribution >= 0.6 is 8.22 Å². The molecule has 0 aromatic rings.